The summed E-state index contributed by atoms with van der Waals surface area (Å²) in [6.07, 6.45) is 1.25. The van der Waals surface area contributed by atoms with E-state index in [4.69, 9.17) is 0 Å². The highest BCUT2D eigenvalue weighted by molar-refractivity contribution is 9.10. The lowest BCUT2D eigenvalue weighted by Gasteiger charge is -2.21. The van der Waals surface area contributed by atoms with Crippen molar-refractivity contribution in [1.82, 2.24) is 9.73 Å². The van der Waals surface area contributed by atoms with Gasteiger partial charge in [0.15, 0.2) is 0 Å². The summed E-state index contributed by atoms with van der Waals surface area (Å²) in [6.45, 7) is -0.494. The van der Waals surface area contributed by atoms with Crippen molar-refractivity contribution in [2.24, 2.45) is 5.10 Å². The smallest absolute Gasteiger partial charge is 0.270 e. The van der Waals surface area contributed by atoms with Crippen LogP contribution in [0.15, 0.2) is 93.3 Å². The average Bonchev–Trinajstić information content (AvgIpc) is 2.81. The van der Waals surface area contributed by atoms with E-state index in [-0.39, 0.29) is 17.1 Å². The molecule has 0 heterocycles. The summed E-state index contributed by atoms with van der Waals surface area (Å²) in [6, 6.07) is 20.6. The van der Waals surface area contributed by atoms with Crippen LogP contribution in [0.3, 0.4) is 0 Å². The molecular formula is C22H19BrN4O5S. The number of nitro groups is 1. The van der Waals surface area contributed by atoms with Gasteiger partial charge in [-0.25, -0.2) is 13.8 Å². The number of rotatable bonds is 9. The lowest BCUT2D eigenvalue weighted by Crippen LogP contribution is -2.39. The molecule has 170 valence electrons. The highest BCUT2D eigenvalue weighted by Crippen LogP contribution is 2.19. The van der Waals surface area contributed by atoms with E-state index in [1.54, 1.807) is 48.5 Å². The van der Waals surface area contributed by atoms with Crippen LogP contribution >= 0.6 is 15.9 Å². The molecule has 0 unspecified atom stereocenters. The predicted octanol–water partition coefficient (Wildman–Crippen LogP) is 3.70. The first kappa shape index (κ1) is 24.2. The monoisotopic (exact) mass is 530 g/mol. The Kier molecular flexibility index (Phi) is 8.04. The number of nitro benzene ring substituents is 1. The molecule has 33 heavy (non-hydrogen) atoms. The molecule has 0 aliphatic carbocycles. The fraction of sp³-hybridized carbons (Fsp3) is 0.0909. The molecule has 9 nitrogen and oxygen atoms in total. The molecule has 3 aromatic carbocycles. The minimum absolute atomic E-state index is 0.0213. The lowest BCUT2D eigenvalue weighted by molar-refractivity contribution is -0.384. The van der Waals surface area contributed by atoms with Gasteiger partial charge in [-0.05, 0) is 29.8 Å². The molecule has 0 bridgehead atoms. The maximum absolute atomic E-state index is 13.2. The Morgan fingerprint density at radius 2 is 1.76 bits per heavy atom. The molecule has 0 saturated carbocycles. The largest absolute Gasteiger partial charge is 0.272 e. The first-order valence-electron chi connectivity index (χ1n) is 9.62. The van der Waals surface area contributed by atoms with E-state index < -0.39 is 27.4 Å². The number of carbonyl (C=O) groups is 1. The van der Waals surface area contributed by atoms with Gasteiger partial charge >= 0.3 is 0 Å². The normalized spacial score (nSPS) is 11.6. The second-order valence-corrected chi connectivity index (χ2v) is 9.71. The summed E-state index contributed by atoms with van der Waals surface area (Å²) in [5.41, 5.74) is 3.27. The van der Waals surface area contributed by atoms with Gasteiger partial charge in [-0.3, -0.25) is 14.9 Å². The molecule has 3 aromatic rings. The van der Waals surface area contributed by atoms with Gasteiger partial charge in [-0.1, -0.05) is 58.4 Å². The van der Waals surface area contributed by atoms with Crippen molar-refractivity contribution < 1.29 is 18.1 Å². The SMILES string of the molecule is O=C(CN(Cc1ccc(Br)cc1)S(=O)(=O)c1ccccc1)N/N=C\c1cccc([N+](=O)[O-])c1. The van der Waals surface area contributed by atoms with E-state index in [1.165, 1.54) is 36.5 Å². The maximum atomic E-state index is 13.2. The zero-order valence-corrected chi connectivity index (χ0v) is 19.6. The summed E-state index contributed by atoms with van der Waals surface area (Å²) < 4.78 is 28.2. The van der Waals surface area contributed by atoms with Gasteiger partial charge in [0, 0.05) is 28.7 Å². The topological polar surface area (TPSA) is 122 Å². The Balaban J connectivity index is 1.76. The van der Waals surface area contributed by atoms with Crippen molar-refractivity contribution in [2.75, 3.05) is 6.54 Å². The van der Waals surface area contributed by atoms with Crippen LogP contribution in [0.2, 0.25) is 0 Å². The van der Waals surface area contributed by atoms with Crippen molar-refractivity contribution in [3.8, 4) is 0 Å². The van der Waals surface area contributed by atoms with Crippen LogP contribution in [0, 0.1) is 10.1 Å². The maximum Gasteiger partial charge on any atom is 0.270 e. The minimum Gasteiger partial charge on any atom is -0.272 e. The van der Waals surface area contributed by atoms with E-state index >= 15 is 0 Å². The zero-order valence-electron chi connectivity index (χ0n) is 17.2. The Hall–Kier alpha value is -3.41. The Bertz CT molecular complexity index is 1270. The van der Waals surface area contributed by atoms with E-state index in [1.807, 2.05) is 0 Å². The number of nitrogens with zero attached hydrogens (tertiary/aromatic N) is 3. The molecule has 1 amide bonds. The molecule has 0 atom stereocenters. The van der Waals surface area contributed by atoms with Crippen LogP contribution in [-0.4, -0.2) is 36.3 Å². The summed E-state index contributed by atoms with van der Waals surface area (Å²) in [5.74, 6) is -0.659. The molecule has 0 aliphatic heterocycles. The fourth-order valence-electron chi connectivity index (χ4n) is 2.85. The van der Waals surface area contributed by atoms with E-state index in [0.717, 1.165) is 8.78 Å². The van der Waals surface area contributed by atoms with E-state index in [2.05, 4.69) is 26.5 Å². The third kappa shape index (κ3) is 6.78. The summed E-state index contributed by atoms with van der Waals surface area (Å²) in [7, 11) is -3.96. The Morgan fingerprint density at radius 1 is 1.06 bits per heavy atom. The lowest BCUT2D eigenvalue weighted by atomic mass is 10.2. The van der Waals surface area contributed by atoms with E-state index in [9.17, 15) is 23.3 Å². The van der Waals surface area contributed by atoms with Crippen molar-refractivity contribution in [2.45, 2.75) is 11.4 Å². The molecule has 1 N–H and O–H groups in total. The number of hydrogen-bond acceptors (Lipinski definition) is 6. The summed E-state index contributed by atoms with van der Waals surface area (Å²) in [4.78, 5) is 22.9. The first-order chi connectivity index (χ1) is 15.8. The molecule has 0 radical (unpaired) electrons. The quantitative estimate of drug-likeness (QED) is 0.256. The van der Waals surface area contributed by atoms with Gasteiger partial charge < -0.3 is 0 Å². The molecule has 0 aromatic heterocycles. The van der Waals surface area contributed by atoms with Crippen LogP contribution < -0.4 is 5.43 Å². The third-order valence-corrected chi connectivity index (χ3v) is 6.79. The van der Waals surface area contributed by atoms with Gasteiger partial charge in [0.05, 0.1) is 22.6 Å². The number of halogens is 1. The van der Waals surface area contributed by atoms with Gasteiger partial charge in [-0.15, -0.1) is 0 Å². The van der Waals surface area contributed by atoms with Gasteiger partial charge in [0.25, 0.3) is 11.6 Å². The zero-order chi connectivity index (χ0) is 23.8. The number of hydrazone groups is 1. The molecule has 3 rings (SSSR count). The summed E-state index contributed by atoms with van der Waals surface area (Å²) >= 11 is 3.34. The number of sulfonamides is 1. The molecule has 0 saturated heterocycles. The number of benzene rings is 3. The number of hydrogen-bond donors (Lipinski definition) is 1. The molecule has 0 spiro atoms. The summed E-state index contributed by atoms with van der Waals surface area (Å²) in [5, 5.41) is 14.7. The Morgan fingerprint density at radius 3 is 2.42 bits per heavy atom. The highest BCUT2D eigenvalue weighted by atomic mass is 79.9. The van der Waals surface area contributed by atoms with Crippen LogP contribution in [0.1, 0.15) is 11.1 Å². The van der Waals surface area contributed by atoms with Crippen molar-refractivity contribution >= 4 is 43.8 Å². The highest BCUT2D eigenvalue weighted by Gasteiger charge is 2.26. The van der Waals surface area contributed by atoms with Crippen LogP contribution in [0.5, 0.6) is 0 Å². The second kappa shape index (κ2) is 10.9. The molecule has 0 aliphatic rings. The van der Waals surface area contributed by atoms with Crippen LogP contribution in [0.4, 0.5) is 5.69 Å². The van der Waals surface area contributed by atoms with Crippen LogP contribution in [0.25, 0.3) is 0 Å². The molecule has 0 fully saturated rings. The number of amides is 1. The standard InChI is InChI=1S/C22H19BrN4O5S/c23-19-11-9-17(10-12-19)15-26(33(31,32)21-7-2-1-3-8-21)16-22(28)25-24-14-18-5-4-6-20(13-18)27(29)30/h1-14H,15-16H2,(H,25,28)/b24-14-. The molecular weight excluding hydrogens is 512 g/mol. The Labute approximate surface area is 199 Å². The number of nitrogens with one attached hydrogen (secondary N) is 1. The van der Waals surface area contributed by atoms with E-state index in [0.29, 0.717) is 11.1 Å². The fourth-order valence-corrected chi connectivity index (χ4v) is 4.52. The van der Waals surface area contributed by atoms with Gasteiger partial charge in [0.1, 0.15) is 0 Å². The number of non-ortho nitro benzene ring substituents is 1. The number of carbonyl (C=O) groups excluding carboxylic acids is 1. The van der Waals surface area contributed by atoms with Crippen molar-refractivity contribution in [3.63, 3.8) is 0 Å². The van der Waals surface area contributed by atoms with Crippen LogP contribution in [-0.2, 0) is 21.4 Å². The third-order valence-electron chi connectivity index (χ3n) is 4.46. The molecule has 11 heteroatoms. The van der Waals surface area contributed by atoms with Crippen molar-refractivity contribution in [1.29, 1.82) is 0 Å². The predicted molar refractivity (Wildman–Crippen MR) is 127 cm³/mol. The minimum atomic E-state index is -3.96. The van der Waals surface area contributed by atoms with Gasteiger partial charge in [-0.2, -0.15) is 9.41 Å². The van der Waals surface area contributed by atoms with Gasteiger partial charge in [0.2, 0.25) is 10.0 Å². The van der Waals surface area contributed by atoms with Crippen molar-refractivity contribution in [3.05, 3.63) is 105 Å². The second-order valence-electron chi connectivity index (χ2n) is 6.86. The average molecular weight is 531 g/mol. The first-order valence-corrected chi connectivity index (χ1v) is 11.8.